The number of carbonyl (C=O) groups is 1. The van der Waals surface area contributed by atoms with Gasteiger partial charge in [0.15, 0.2) is 17.6 Å². The van der Waals surface area contributed by atoms with E-state index < -0.39 is 36.5 Å². The Balaban J connectivity index is 2.18. The molecule has 2 heterocycles. The quantitative estimate of drug-likeness (QED) is 0.695. The second kappa shape index (κ2) is 7.28. The normalized spacial score (nSPS) is 30.1. The summed E-state index contributed by atoms with van der Waals surface area (Å²) in [4.78, 5) is 12.5. The van der Waals surface area contributed by atoms with Crippen molar-refractivity contribution in [2.75, 3.05) is 35.0 Å². The topological polar surface area (TPSA) is 113 Å². The molecule has 26 heavy (non-hydrogen) atoms. The third-order valence-electron chi connectivity index (χ3n) is 4.73. The summed E-state index contributed by atoms with van der Waals surface area (Å²) in [5.41, 5.74) is 0.555. The molecule has 1 aromatic rings. The van der Waals surface area contributed by atoms with Crippen molar-refractivity contribution in [3.05, 3.63) is 17.2 Å². The van der Waals surface area contributed by atoms with Gasteiger partial charge in [-0.15, -0.1) is 0 Å². The Hall–Kier alpha value is -2.07. The lowest BCUT2D eigenvalue weighted by molar-refractivity contribution is -0.241. The van der Waals surface area contributed by atoms with Crippen molar-refractivity contribution in [1.29, 1.82) is 0 Å². The molecule has 0 unspecified atom stereocenters. The van der Waals surface area contributed by atoms with E-state index >= 15 is 0 Å². The number of hydrogen-bond acceptors (Lipinski definition) is 9. The van der Waals surface area contributed by atoms with Crippen LogP contribution in [0.4, 0.5) is 0 Å². The standard InChI is InChI=1S/C17H22O9/c1-21-8-5-7-10(14(24-4)13(8)23-3)15-16(26-17(7)20)11(19)12(22-2)9(6-18)25-15/h5,9,11-12,15-16,18-19H,6H2,1-4H3/t9-,11+,12-,15+,16-/m1/s1. The third-order valence-corrected chi connectivity index (χ3v) is 4.73. The Kier molecular flexibility index (Phi) is 5.24. The molecule has 0 bridgehead atoms. The summed E-state index contributed by atoms with van der Waals surface area (Å²) < 4.78 is 32.6. The van der Waals surface area contributed by atoms with Gasteiger partial charge in [-0.2, -0.15) is 0 Å². The van der Waals surface area contributed by atoms with Gasteiger partial charge in [0.05, 0.1) is 33.5 Å². The maximum atomic E-state index is 12.5. The summed E-state index contributed by atoms with van der Waals surface area (Å²) >= 11 is 0. The molecular weight excluding hydrogens is 348 g/mol. The maximum absolute atomic E-state index is 12.5. The largest absolute Gasteiger partial charge is 0.493 e. The molecule has 0 radical (unpaired) electrons. The van der Waals surface area contributed by atoms with E-state index in [4.69, 9.17) is 28.4 Å². The zero-order valence-corrected chi connectivity index (χ0v) is 14.9. The number of hydrogen-bond donors (Lipinski definition) is 2. The predicted octanol–water partition coefficient (Wildman–Crippen LogP) is 0.0595. The highest BCUT2D eigenvalue weighted by molar-refractivity contribution is 5.95. The number of benzene rings is 1. The highest BCUT2D eigenvalue weighted by Gasteiger charge is 2.52. The van der Waals surface area contributed by atoms with Crippen LogP contribution in [0.1, 0.15) is 22.0 Å². The van der Waals surface area contributed by atoms with Gasteiger partial charge < -0.3 is 38.6 Å². The van der Waals surface area contributed by atoms with Crippen LogP contribution in [0.3, 0.4) is 0 Å². The number of fused-ring (bicyclic) bond motifs is 3. The number of esters is 1. The first-order chi connectivity index (χ1) is 12.5. The van der Waals surface area contributed by atoms with Crippen LogP contribution in [-0.2, 0) is 14.2 Å². The third kappa shape index (κ3) is 2.67. The van der Waals surface area contributed by atoms with E-state index in [1.54, 1.807) is 0 Å². The van der Waals surface area contributed by atoms with Gasteiger partial charge in [-0.1, -0.05) is 0 Å². The fourth-order valence-electron chi connectivity index (χ4n) is 3.55. The van der Waals surface area contributed by atoms with Gasteiger partial charge in [0, 0.05) is 12.7 Å². The molecule has 0 saturated carbocycles. The molecule has 9 heteroatoms. The van der Waals surface area contributed by atoms with Crippen LogP contribution in [-0.4, -0.2) is 75.6 Å². The molecule has 144 valence electrons. The van der Waals surface area contributed by atoms with Gasteiger partial charge in [0.1, 0.15) is 24.4 Å². The van der Waals surface area contributed by atoms with Gasteiger partial charge in [-0.25, -0.2) is 4.79 Å². The summed E-state index contributed by atoms with van der Waals surface area (Å²) in [6.45, 7) is -0.377. The average Bonchev–Trinajstić information content (AvgIpc) is 2.66. The van der Waals surface area contributed by atoms with Gasteiger partial charge in [-0.3, -0.25) is 0 Å². The molecule has 0 aromatic heterocycles. The second-order valence-electron chi connectivity index (χ2n) is 5.95. The second-order valence-corrected chi connectivity index (χ2v) is 5.95. The van der Waals surface area contributed by atoms with E-state index in [9.17, 15) is 15.0 Å². The van der Waals surface area contributed by atoms with Crippen molar-refractivity contribution in [2.24, 2.45) is 0 Å². The molecular formula is C17H22O9. The van der Waals surface area contributed by atoms with Crippen LogP contribution in [0.25, 0.3) is 0 Å². The molecule has 0 aliphatic carbocycles. The molecule has 0 amide bonds. The van der Waals surface area contributed by atoms with Crippen molar-refractivity contribution >= 4 is 5.97 Å². The smallest absolute Gasteiger partial charge is 0.339 e. The van der Waals surface area contributed by atoms with Crippen LogP contribution in [0.5, 0.6) is 17.2 Å². The minimum Gasteiger partial charge on any atom is -0.493 e. The van der Waals surface area contributed by atoms with Crippen molar-refractivity contribution in [3.8, 4) is 17.2 Å². The lowest BCUT2D eigenvalue weighted by Crippen LogP contribution is -2.58. The molecule has 1 saturated heterocycles. The van der Waals surface area contributed by atoms with Gasteiger partial charge in [0.2, 0.25) is 5.75 Å². The van der Waals surface area contributed by atoms with Crippen molar-refractivity contribution in [2.45, 2.75) is 30.5 Å². The zero-order valence-electron chi connectivity index (χ0n) is 14.9. The van der Waals surface area contributed by atoms with Crippen LogP contribution in [0.2, 0.25) is 0 Å². The van der Waals surface area contributed by atoms with Crippen LogP contribution in [0, 0.1) is 0 Å². The molecule has 2 N–H and O–H groups in total. The number of carbonyl (C=O) groups excluding carboxylic acids is 1. The van der Waals surface area contributed by atoms with E-state index in [2.05, 4.69) is 0 Å². The van der Waals surface area contributed by atoms with E-state index in [1.807, 2.05) is 0 Å². The molecule has 3 rings (SSSR count). The lowest BCUT2D eigenvalue weighted by atomic mass is 9.86. The summed E-state index contributed by atoms with van der Waals surface area (Å²) in [6, 6.07) is 1.47. The highest BCUT2D eigenvalue weighted by Crippen LogP contribution is 2.50. The van der Waals surface area contributed by atoms with E-state index in [0.29, 0.717) is 11.3 Å². The van der Waals surface area contributed by atoms with Crippen molar-refractivity contribution in [3.63, 3.8) is 0 Å². The van der Waals surface area contributed by atoms with Crippen molar-refractivity contribution in [1.82, 2.24) is 0 Å². The minimum atomic E-state index is -1.19. The van der Waals surface area contributed by atoms with Gasteiger partial charge >= 0.3 is 5.97 Å². The summed E-state index contributed by atoms with van der Waals surface area (Å²) in [6.07, 6.45) is -4.72. The van der Waals surface area contributed by atoms with E-state index in [-0.39, 0.29) is 23.7 Å². The molecule has 2 aliphatic rings. The first kappa shape index (κ1) is 18.7. The van der Waals surface area contributed by atoms with Crippen molar-refractivity contribution < 1.29 is 43.4 Å². The molecule has 1 fully saturated rings. The number of rotatable bonds is 5. The lowest BCUT2D eigenvalue weighted by Gasteiger charge is -2.45. The van der Waals surface area contributed by atoms with Gasteiger partial charge in [-0.05, 0) is 6.07 Å². The minimum absolute atomic E-state index is 0.181. The molecule has 1 aromatic carbocycles. The number of ether oxygens (including phenoxy) is 6. The molecule has 5 atom stereocenters. The van der Waals surface area contributed by atoms with E-state index in [1.165, 1.54) is 34.5 Å². The molecule has 9 nitrogen and oxygen atoms in total. The first-order valence-electron chi connectivity index (χ1n) is 8.03. The zero-order chi connectivity index (χ0) is 19.0. The SMILES string of the molecule is COc1cc2c(c(OC)c1OC)[C@@H]1O[C@H](CO)[C@@H](OC)[C@H](O)[C@H]1OC2=O. The number of aliphatic hydroxyl groups is 2. The average molecular weight is 370 g/mol. The molecule has 0 spiro atoms. The number of methoxy groups -OCH3 is 4. The van der Waals surface area contributed by atoms with E-state index in [0.717, 1.165) is 0 Å². The monoisotopic (exact) mass is 370 g/mol. The van der Waals surface area contributed by atoms with Gasteiger partial charge in [0.25, 0.3) is 0 Å². The molecule has 2 aliphatic heterocycles. The Bertz CT molecular complexity index is 689. The Morgan fingerprint density at radius 1 is 1.12 bits per heavy atom. The summed E-state index contributed by atoms with van der Waals surface area (Å²) in [5.74, 6) is 0.173. The van der Waals surface area contributed by atoms with Crippen LogP contribution >= 0.6 is 0 Å². The Labute approximate surface area is 150 Å². The summed E-state index contributed by atoms with van der Waals surface area (Å²) in [5, 5.41) is 20.2. The summed E-state index contributed by atoms with van der Waals surface area (Å²) in [7, 11) is 5.69. The fourth-order valence-corrected chi connectivity index (χ4v) is 3.55. The Morgan fingerprint density at radius 2 is 1.81 bits per heavy atom. The maximum Gasteiger partial charge on any atom is 0.339 e. The van der Waals surface area contributed by atoms with Crippen LogP contribution in [0.15, 0.2) is 6.07 Å². The highest BCUT2D eigenvalue weighted by atomic mass is 16.6. The number of aliphatic hydroxyl groups excluding tert-OH is 2. The Morgan fingerprint density at radius 3 is 2.35 bits per heavy atom. The fraction of sp³-hybridized carbons (Fsp3) is 0.588. The predicted molar refractivity (Wildman–Crippen MR) is 86.8 cm³/mol. The first-order valence-corrected chi connectivity index (χ1v) is 8.03. The van der Waals surface area contributed by atoms with Crippen LogP contribution < -0.4 is 14.2 Å².